The lowest BCUT2D eigenvalue weighted by Gasteiger charge is -2.33. The van der Waals surface area contributed by atoms with E-state index in [9.17, 15) is 13.2 Å². The summed E-state index contributed by atoms with van der Waals surface area (Å²) >= 11 is 0. The van der Waals surface area contributed by atoms with Gasteiger partial charge in [0.05, 0.1) is 16.7 Å². The maximum absolute atomic E-state index is 12.9. The predicted molar refractivity (Wildman–Crippen MR) is 95.1 cm³/mol. The van der Waals surface area contributed by atoms with Crippen molar-refractivity contribution in [2.45, 2.75) is 30.5 Å². The maximum atomic E-state index is 12.9. The summed E-state index contributed by atoms with van der Waals surface area (Å²) in [7, 11) is -2.16. The van der Waals surface area contributed by atoms with Crippen molar-refractivity contribution < 1.29 is 22.7 Å². The predicted octanol–water partition coefficient (Wildman–Crippen LogP) is 0.232. The first-order valence-electron chi connectivity index (χ1n) is 7.93. The number of carbonyl (C=O) groups excluding carboxylic acids is 1. The smallest absolute Gasteiger partial charge is 0.250 e. The molecule has 0 spiro atoms. The third-order valence-corrected chi connectivity index (χ3v) is 6.79. The van der Waals surface area contributed by atoms with Crippen LogP contribution in [-0.4, -0.2) is 52.1 Å². The van der Waals surface area contributed by atoms with Crippen LogP contribution < -0.4 is 21.1 Å². The minimum atomic E-state index is -3.58. The number of ether oxygens (including phenoxy) is 2. The molecule has 9 heteroatoms. The van der Waals surface area contributed by atoms with Gasteiger partial charge in [-0.3, -0.25) is 10.1 Å². The summed E-state index contributed by atoms with van der Waals surface area (Å²) in [5, 5.41) is 5.65. The molecule has 0 saturated carbocycles. The Balaban J connectivity index is 2.37. The topological polar surface area (TPSA) is 120 Å². The summed E-state index contributed by atoms with van der Waals surface area (Å²) in [5.74, 6) is -0.0855. The Morgan fingerprint density at radius 2 is 2.20 bits per heavy atom. The molecule has 0 fully saturated rings. The molecule has 1 amide bonds. The van der Waals surface area contributed by atoms with E-state index in [0.717, 1.165) is 0 Å². The molecule has 8 nitrogen and oxygen atoms in total. The van der Waals surface area contributed by atoms with Gasteiger partial charge in [-0.15, -0.1) is 0 Å². The van der Waals surface area contributed by atoms with Crippen molar-refractivity contribution in [1.29, 1.82) is 0 Å². The molecule has 1 aliphatic heterocycles. The van der Waals surface area contributed by atoms with E-state index in [1.165, 1.54) is 7.11 Å². The molecule has 0 bridgehead atoms. The third-order valence-electron chi connectivity index (χ3n) is 4.24. The van der Waals surface area contributed by atoms with Crippen molar-refractivity contribution in [2.24, 2.45) is 5.73 Å². The van der Waals surface area contributed by atoms with Gasteiger partial charge in [0, 0.05) is 24.9 Å². The molecule has 1 atom stereocenters. The Kier molecular flexibility index (Phi) is 6.04. The summed E-state index contributed by atoms with van der Waals surface area (Å²) in [5.41, 5.74) is 6.98. The van der Waals surface area contributed by atoms with Crippen LogP contribution in [0.2, 0.25) is 0 Å². The van der Waals surface area contributed by atoms with E-state index < -0.39 is 20.8 Å². The average molecular weight is 371 g/mol. The molecule has 4 N–H and O–H groups in total. The zero-order valence-corrected chi connectivity index (χ0v) is 15.5. The van der Waals surface area contributed by atoms with Crippen molar-refractivity contribution in [3.05, 3.63) is 23.8 Å². The molecule has 1 aromatic carbocycles. The lowest BCUT2D eigenvalue weighted by atomic mass is 10.1. The molecule has 0 aliphatic carbocycles. The molecular weight excluding hydrogens is 346 g/mol. The number of hydrogen-bond donors (Lipinski definition) is 3. The summed E-state index contributed by atoms with van der Waals surface area (Å²) in [6, 6.07) is 4.92. The zero-order valence-electron chi connectivity index (χ0n) is 14.7. The highest BCUT2D eigenvalue weighted by molar-refractivity contribution is 7.92. The van der Waals surface area contributed by atoms with E-state index in [2.05, 4.69) is 10.6 Å². The standard InChI is InChI=1S/C16H25N3O5S/c1-16(2)15(17)18-6-7-24-13-5-4-12(19-14(20)9-23-3)8-11(13)10-25(16,21)22/h4-5,8,15,18H,6-7,9-10,17H2,1-3H3,(H,19,20). The van der Waals surface area contributed by atoms with Gasteiger partial charge in [-0.05, 0) is 32.0 Å². The fourth-order valence-electron chi connectivity index (χ4n) is 2.44. The number of anilines is 1. The number of hydrogen-bond acceptors (Lipinski definition) is 7. The van der Waals surface area contributed by atoms with Crippen molar-refractivity contribution in [2.75, 3.05) is 32.2 Å². The Morgan fingerprint density at radius 3 is 2.88 bits per heavy atom. The minimum absolute atomic E-state index is 0.0839. The van der Waals surface area contributed by atoms with Gasteiger partial charge >= 0.3 is 0 Å². The van der Waals surface area contributed by atoms with Gasteiger partial charge in [0.1, 0.15) is 19.0 Å². The molecule has 0 saturated heterocycles. The number of rotatable bonds is 3. The minimum Gasteiger partial charge on any atom is -0.492 e. The summed E-state index contributed by atoms with van der Waals surface area (Å²) in [6.45, 7) is 3.90. The second kappa shape index (κ2) is 7.69. The van der Waals surface area contributed by atoms with Crippen LogP contribution >= 0.6 is 0 Å². The molecule has 1 unspecified atom stereocenters. The summed E-state index contributed by atoms with van der Waals surface area (Å²) in [4.78, 5) is 11.7. The number of benzene rings is 1. The van der Waals surface area contributed by atoms with E-state index in [4.69, 9.17) is 15.2 Å². The number of nitrogens with two attached hydrogens (primary N) is 1. The fraction of sp³-hybridized carbons (Fsp3) is 0.562. The highest BCUT2D eigenvalue weighted by Gasteiger charge is 2.40. The fourth-order valence-corrected chi connectivity index (χ4v) is 3.92. The van der Waals surface area contributed by atoms with E-state index in [0.29, 0.717) is 30.2 Å². The molecule has 0 aromatic heterocycles. The summed E-state index contributed by atoms with van der Waals surface area (Å²) < 4.78 is 35.0. The van der Waals surface area contributed by atoms with Gasteiger partial charge < -0.3 is 20.5 Å². The van der Waals surface area contributed by atoms with Crippen molar-refractivity contribution >= 4 is 21.4 Å². The van der Waals surface area contributed by atoms with Crippen LogP contribution in [-0.2, 0) is 25.1 Å². The molecule has 140 valence electrons. The largest absolute Gasteiger partial charge is 0.492 e. The Hall–Kier alpha value is -1.68. The van der Waals surface area contributed by atoms with Crippen LogP contribution in [0.15, 0.2) is 18.2 Å². The summed E-state index contributed by atoms with van der Waals surface area (Å²) in [6.07, 6.45) is -0.716. The lowest BCUT2D eigenvalue weighted by molar-refractivity contribution is -0.119. The van der Waals surface area contributed by atoms with Gasteiger partial charge in [0.15, 0.2) is 9.84 Å². The highest BCUT2D eigenvalue weighted by Crippen LogP contribution is 2.30. The molecule has 1 aliphatic rings. The Morgan fingerprint density at radius 1 is 1.48 bits per heavy atom. The quantitative estimate of drug-likeness (QED) is 0.696. The first-order valence-corrected chi connectivity index (χ1v) is 9.58. The van der Waals surface area contributed by atoms with E-state index in [1.54, 1.807) is 32.0 Å². The number of nitrogens with one attached hydrogen (secondary N) is 2. The zero-order chi connectivity index (χ0) is 18.7. The number of sulfone groups is 1. The van der Waals surface area contributed by atoms with Gasteiger partial charge in [0.2, 0.25) is 5.91 Å². The molecule has 0 radical (unpaired) electrons. The van der Waals surface area contributed by atoms with Gasteiger partial charge in [0.25, 0.3) is 0 Å². The first-order chi connectivity index (χ1) is 11.7. The first kappa shape index (κ1) is 19.6. The van der Waals surface area contributed by atoms with Gasteiger partial charge in [-0.1, -0.05) is 0 Å². The number of fused-ring (bicyclic) bond motifs is 1. The highest BCUT2D eigenvalue weighted by atomic mass is 32.2. The monoisotopic (exact) mass is 371 g/mol. The van der Waals surface area contributed by atoms with Crippen molar-refractivity contribution in [1.82, 2.24) is 5.32 Å². The van der Waals surface area contributed by atoms with Crippen LogP contribution in [0.25, 0.3) is 0 Å². The van der Waals surface area contributed by atoms with Crippen LogP contribution in [0.1, 0.15) is 19.4 Å². The number of methoxy groups -OCH3 is 1. The molecule has 25 heavy (non-hydrogen) atoms. The average Bonchev–Trinajstić information content (AvgIpc) is 2.51. The van der Waals surface area contributed by atoms with Gasteiger partial charge in [-0.2, -0.15) is 0 Å². The molecule has 1 heterocycles. The normalized spacial score (nSPS) is 22.3. The second-order valence-electron chi connectivity index (χ2n) is 6.45. The lowest BCUT2D eigenvalue weighted by Crippen LogP contribution is -2.58. The molecule has 1 aromatic rings. The maximum Gasteiger partial charge on any atom is 0.250 e. The van der Waals surface area contributed by atoms with Crippen LogP contribution in [0.4, 0.5) is 5.69 Å². The number of amides is 1. The Labute approximate surface area is 148 Å². The van der Waals surface area contributed by atoms with Crippen molar-refractivity contribution in [3.63, 3.8) is 0 Å². The van der Waals surface area contributed by atoms with Gasteiger partial charge in [-0.25, -0.2) is 8.42 Å². The molecular formula is C16H25N3O5S. The van der Waals surface area contributed by atoms with Crippen LogP contribution in [0.3, 0.4) is 0 Å². The van der Waals surface area contributed by atoms with E-state index in [1.807, 2.05) is 0 Å². The SMILES string of the molecule is COCC(=O)Nc1ccc2c(c1)CS(=O)(=O)C(C)(C)C(N)NCCO2. The van der Waals surface area contributed by atoms with E-state index in [-0.39, 0.29) is 18.3 Å². The van der Waals surface area contributed by atoms with Crippen molar-refractivity contribution in [3.8, 4) is 5.75 Å². The third kappa shape index (κ3) is 4.49. The van der Waals surface area contributed by atoms with Crippen LogP contribution in [0.5, 0.6) is 5.75 Å². The number of carbonyl (C=O) groups is 1. The Bertz CT molecular complexity index is 733. The molecule has 2 rings (SSSR count). The van der Waals surface area contributed by atoms with Crippen LogP contribution in [0, 0.1) is 0 Å². The van der Waals surface area contributed by atoms with E-state index >= 15 is 0 Å². The second-order valence-corrected chi connectivity index (χ2v) is 9.02.